The van der Waals surface area contributed by atoms with Gasteiger partial charge in [0.25, 0.3) is 11.8 Å². The van der Waals surface area contributed by atoms with Gasteiger partial charge in [-0.25, -0.2) is 9.69 Å². The molecule has 0 saturated carbocycles. The lowest BCUT2D eigenvalue weighted by atomic mass is 10.1. The molecule has 0 aliphatic carbocycles. The average molecular weight is 736 g/mol. The minimum absolute atomic E-state index is 0.00604. The van der Waals surface area contributed by atoms with Crippen LogP contribution in [0.1, 0.15) is 18.1 Å². The Balaban J connectivity index is 1.74. The molecule has 0 aromatic heterocycles. The summed E-state index contributed by atoms with van der Waals surface area (Å²) in [4.78, 5) is 49.6. The van der Waals surface area contributed by atoms with Crippen LogP contribution < -0.4 is 19.7 Å². The van der Waals surface area contributed by atoms with Gasteiger partial charge in [-0.1, -0.05) is 23.2 Å². The zero-order valence-electron chi connectivity index (χ0n) is 20.9. The number of hydrogen-bond acceptors (Lipinski definition) is 7. The van der Waals surface area contributed by atoms with E-state index in [2.05, 4.69) is 5.32 Å². The molecule has 42 heavy (non-hydrogen) atoms. The number of nitrogens with zero attached hydrogens (tertiary/aromatic N) is 2. The van der Waals surface area contributed by atoms with Gasteiger partial charge in [0.05, 0.1) is 36.4 Å². The number of nitrogens with one attached hydrogen (secondary N) is 1. The molecule has 3 aromatic rings. The molecule has 4 amide bonds. The quantitative estimate of drug-likeness (QED) is 0.0882. The Morgan fingerprint density at radius 2 is 1.76 bits per heavy atom. The van der Waals surface area contributed by atoms with E-state index in [0.717, 1.165) is 6.07 Å². The lowest BCUT2D eigenvalue weighted by molar-refractivity contribution is -0.385. The van der Waals surface area contributed by atoms with E-state index in [9.17, 15) is 37.7 Å². The molecule has 1 saturated heterocycles. The Hall–Kier alpha value is -3.89. The fourth-order valence-electron chi connectivity index (χ4n) is 3.75. The molecule has 0 atom stereocenters. The number of anilines is 1. The first-order valence-electron chi connectivity index (χ1n) is 11.6. The topological polar surface area (TPSA) is 128 Å². The highest BCUT2D eigenvalue weighted by Gasteiger charge is 2.37. The molecule has 1 aliphatic rings. The third-order valence-corrected chi connectivity index (χ3v) is 7.14. The smallest absolute Gasteiger partial charge is 0.416 e. The number of urea groups is 1. The lowest BCUT2D eigenvalue weighted by Gasteiger charge is -2.26. The predicted octanol–water partition coefficient (Wildman–Crippen LogP) is 7.38. The second-order valence-corrected chi connectivity index (χ2v) is 10.3. The first-order valence-corrected chi connectivity index (χ1v) is 13.4. The van der Waals surface area contributed by atoms with Crippen molar-refractivity contribution in [1.29, 1.82) is 0 Å². The van der Waals surface area contributed by atoms with E-state index in [-0.39, 0.29) is 43.0 Å². The third kappa shape index (κ3) is 6.44. The number of benzene rings is 3. The van der Waals surface area contributed by atoms with Gasteiger partial charge in [0, 0.05) is 6.07 Å². The monoisotopic (exact) mass is 735 g/mol. The van der Waals surface area contributed by atoms with E-state index in [4.69, 9.17) is 32.7 Å². The molecule has 0 radical (unpaired) electrons. The summed E-state index contributed by atoms with van der Waals surface area (Å²) in [6.07, 6.45) is -3.63. The summed E-state index contributed by atoms with van der Waals surface area (Å²) < 4.78 is 50.9. The van der Waals surface area contributed by atoms with E-state index in [0.29, 0.717) is 17.0 Å². The van der Waals surface area contributed by atoms with Crippen LogP contribution >= 0.6 is 45.8 Å². The Morgan fingerprint density at radius 1 is 1.05 bits per heavy atom. The van der Waals surface area contributed by atoms with Crippen molar-refractivity contribution in [3.05, 3.63) is 89.0 Å². The molecular formula is C26H15Cl2F3IN3O7. The summed E-state index contributed by atoms with van der Waals surface area (Å²) in [6, 6.07) is 7.61. The Labute approximate surface area is 258 Å². The van der Waals surface area contributed by atoms with Crippen molar-refractivity contribution in [2.75, 3.05) is 11.5 Å². The summed E-state index contributed by atoms with van der Waals surface area (Å²) in [5.74, 6) is -2.47. The van der Waals surface area contributed by atoms with Crippen LogP contribution in [0, 0.1) is 13.7 Å². The summed E-state index contributed by atoms with van der Waals surface area (Å²) in [5.41, 5.74) is -2.29. The van der Waals surface area contributed by atoms with Crippen LogP contribution in [0.25, 0.3) is 6.08 Å². The average Bonchev–Trinajstić information content (AvgIpc) is 2.90. The zero-order valence-corrected chi connectivity index (χ0v) is 24.6. The molecule has 1 aliphatic heterocycles. The van der Waals surface area contributed by atoms with E-state index < -0.39 is 51.5 Å². The molecule has 0 unspecified atom stereocenters. The fraction of sp³-hybridized carbons (Fsp3) is 0.115. The molecule has 218 valence electrons. The molecule has 4 rings (SSSR count). The van der Waals surface area contributed by atoms with Gasteiger partial charge in [-0.3, -0.25) is 25.0 Å². The largest absolute Gasteiger partial charge is 0.490 e. The zero-order chi connectivity index (χ0) is 30.9. The van der Waals surface area contributed by atoms with Gasteiger partial charge >= 0.3 is 17.9 Å². The van der Waals surface area contributed by atoms with Gasteiger partial charge in [0.15, 0.2) is 11.5 Å². The van der Waals surface area contributed by atoms with Gasteiger partial charge < -0.3 is 9.47 Å². The number of carbonyl (C=O) groups excluding carboxylic acids is 3. The van der Waals surface area contributed by atoms with Crippen LogP contribution in [0.4, 0.5) is 29.3 Å². The second kappa shape index (κ2) is 12.1. The van der Waals surface area contributed by atoms with Crippen LogP contribution in [-0.4, -0.2) is 29.4 Å². The van der Waals surface area contributed by atoms with Crippen molar-refractivity contribution in [2.45, 2.75) is 13.1 Å². The number of barbiturate groups is 1. The number of nitro groups is 1. The highest BCUT2D eigenvalue weighted by molar-refractivity contribution is 14.1. The number of nitro benzene ring substituents is 1. The standard InChI is InChI=1S/C26H15Cl2F3IN3O7/c1-2-41-21-9-12(7-15-23(36)33-25(38)34(24(15)37)14-4-5-16(27)17(28)11-14)8-18(32)22(21)42-20-6-3-13(26(29,30)31)10-19(20)35(39)40/h3-11H,2H2,1H3,(H,33,36,38)/b15-7+. The number of rotatable bonds is 7. The summed E-state index contributed by atoms with van der Waals surface area (Å²) >= 11 is 13.7. The normalized spacial score (nSPS) is 14.7. The van der Waals surface area contributed by atoms with Crippen LogP contribution in [0.5, 0.6) is 17.2 Å². The number of ether oxygens (including phenoxy) is 2. The van der Waals surface area contributed by atoms with E-state index in [1.165, 1.54) is 36.4 Å². The number of imide groups is 2. The maximum atomic E-state index is 13.2. The Morgan fingerprint density at radius 3 is 2.38 bits per heavy atom. The van der Waals surface area contributed by atoms with Gasteiger partial charge in [-0.05, 0) is 83.6 Å². The Bertz CT molecular complexity index is 1680. The molecule has 10 nitrogen and oxygen atoms in total. The van der Waals surface area contributed by atoms with Gasteiger partial charge in [-0.15, -0.1) is 0 Å². The first kappa shape index (κ1) is 31.1. The first-order chi connectivity index (χ1) is 19.7. The number of carbonyl (C=O) groups is 3. The van der Waals surface area contributed by atoms with E-state index in [1.54, 1.807) is 29.5 Å². The number of halogens is 6. The van der Waals surface area contributed by atoms with Crippen molar-refractivity contribution in [1.82, 2.24) is 5.32 Å². The minimum Gasteiger partial charge on any atom is -0.490 e. The predicted molar refractivity (Wildman–Crippen MR) is 154 cm³/mol. The molecule has 1 fully saturated rings. The molecule has 1 heterocycles. The van der Waals surface area contributed by atoms with Crippen LogP contribution in [0.3, 0.4) is 0 Å². The summed E-state index contributed by atoms with van der Waals surface area (Å²) in [5, 5.41) is 13.8. The van der Waals surface area contributed by atoms with Gasteiger partial charge in [-0.2, -0.15) is 13.2 Å². The van der Waals surface area contributed by atoms with Crippen molar-refractivity contribution in [3.63, 3.8) is 0 Å². The molecule has 0 spiro atoms. The van der Waals surface area contributed by atoms with Gasteiger partial charge in [0.1, 0.15) is 5.57 Å². The second-order valence-electron chi connectivity index (χ2n) is 8.36. The SMILES string of the molecule is CCOc1cc(/C=C2\C(=O)NC(=O)N(c3ccc(Cl)c(Cl)c3)C2=O)cc(I)c1Oc1ccc(C(F)(F)F)cc1[N+](=O)[O-]. The van der Waals surface area contributed by atoms with Crippen molar-refractivity contribution >= 4 is 81.1 Å². The molecule has 1 N–H and O–H groups in total. The van der Waals surface area contributed by atoms with Crippen molar-refractivity contribution in [2.24, 2.45) is 0 Å². The maximum Gasteiger partial charge on any atom is 0.416 e. The van der Waals surface area contributed by atoms with Crippen molar-refractivity contribution < 1.29 is 42.0 Å². The molecule has 0 bridgehead atoms. The summed E-state index contributed by atoms with van der Waals surface area (Å²) in [7, 11) is 0. The minimum atomic E-state index is -4.81. The van der Waals surface area contributed by atoms with Gasteiger partial charge in [0.2, 0.25) is 5.75 Å². The fourth-order valence-corrected chi connectivity index (χ4v) is 4.78. The van der Waals surface area contributed by atoms with E-state index in [1.807, 2.05) is 0 Å². The van der Waals surface area contributed by atoms with Crippen LogP contribution in [-0.2, 0) is 15.8 Å². The highest BCUT2D eigenvalue weighted by atomic mass is 127. The molecule has 3 aromatic carbocycles. The van der Waals surface area contributed by atoms with E-state index >= 15 is 0 Å². The number of alkyl halides is 3. The van der Waals surface area contributed by atoms with Crippen molar-refractivity contribution in [3.8, 4) is 17.2 Å². The number of hydrogen-bond donors (Lipinski definition) is 1. The highest BCUT2D eigenvalue weighted by Crippen LogP contribution is 2.43. The third-order valence-electron chi connectivity index (χ3n) is 5.60. The lowest BCUT2D eigenvalue weighted by Crippen LogP contribution is -2.54. The van der Waals surface area contributed by atoms with Crippen LogP contribution in [0.2, 0.25) is 10.0 Å². The maximum absolute atomic E-state index is 13.2. The summed E-state index contributed by atoms with van der Waals surface area (Å²) in [6.45, 7) is 1.71. The van der Waals surface area contributed by atoms with Crippen LogP contribution in [0.15, 0.2) is 54.1 Å². The molecular weight excluding hydrogens is 721 g/mol. The Kier molecular flexibility index (Phi) is 8.98. The molecule has 16 heteroatoms. The number of amides is 4.